The molecule has 27 heavy (non-hydrogen) atoms. The van der Waals surface area contributed by atoms with E-state index in [2.05, 4.69) is 22.3 Å². The van der Waals surface area contributed by atoms with Gasteiger partial charge in [-0.2, -0.15) is 11.8 Å². The maximum Gasteiger partial charge on any atom is 0.322 e. The van der Waals surface area contributed by atoms with Crippen molar-refractivity contribution < 1.29 is 9.18 Å². The van der Waals surface area contributed by atoms with E-state index in [1.54, 1.807) is 11.0 Å². The summed E-state index contributed by atoms with van der Waals surface area (Å²) in [5, 5.41) is 3.00. The zero-order valence-electron chi connectivity index (χ0n) is 15.9. The Labute approximate surface area is 164 Å². The van der Waals surface area contributed by atoms with Gasteiger partial charge >= 0.3 is 6.03 Å². The molecule has 2 amide bonds. The first kappa shape index (κ1) is 19.5. The molecule has 0 bridgehead atoms. The lowest BCUT2D eigenvalue weighted by Gasteiger charge is -2.29. The fourth-order valence-electron chi connectivity index (χ4n) is 3.18. The summed E-state index contributed by atoms with van der Waals surface area (Å²) in [7, 11) is 0. The first-order valence-electron chi connectivity index (χ1n) is 9.30. The van der Waals surface area contributed by atoms with Gasteiger partial charge in [0.25, 0.3) is 0 Å². The van der Waals surface area contributed by atoms with Crippen molar-refractivity contribution in [2.24, 2.45) is 0 Å². The fraction of sp³-hybridized carbons (Fsp3) is 0.381. The standard InChI is InChI=1S/C21H26FN3OS/c1-3-24(15-17-5-4-6-18(22)14-17)21(26)23-20-8-7-19(13-16(20)2)25-9-11-27-12-10-25/h4-8,13-14H,3,9-12,15H2,1-2H3,(H,23,26). The van der Waals surface area contributed by atoms with E-state index in [9.17, 15) is 9.18 Å². The Morgan fingerprint density at radius 2 is 2.00 bits per heavy atom. The van der Waals surface area contributed by atoms with Crippen LogP contribution in [0.5, 0.6) is 0 Å². The summed E-state index contributed by atoms with van der Waals surface area (Å²) in [6.45, 7) is 6.98. The lowest BCUT2D eigenvalue weighted by atomic mass is 10.1. The third-order valence-electron chi connectivity index (χ3n) is 4.76. The number of nitrogens with zero attached hydrogens (tertiary/aromatic N) is 2. The highest BCUT2D eigenvalue weighted by molar-refractivity contribution is 7.99. The first-order valence-corrected chi connectivity index (χ1v) is 10.5. The van der Waals surface area contributed by atoms with Crippen molar-refractivity contribution in [3.8, 4) is 0 Å². The third-order valence-corrected chi connectivity index (χ3v) is 5.70. The Morgan fingerprint density at radius 3 is 2.67 bits per heavy atom. The quantitative estimate of drug-likeness (QED) is 0.805. The van der Waals surface area contributed by atoms with Crippen LogP contribution in [0.25, 0.3) is 0 Å². The molecule has 1 aliphatic rings. The van der Waals surface area contributed by atoms with Gasteiger partial charge in [-0.15, -0.1) is 0 Å². The molecule has 1 saturated heterocycles. The lowest BCUT2D eigenvalue weighted by Crippen LogP contribution is -2.34. The van der Waals surface area contributed by atoms with E-state index in [0.717, 1.165) is 41.4 Å². The maximum absolute atomic E-state index is 13.4. The maximum atomic E-state index is 13.4. The Hall–Kier alpha value is -2.21. The largest absolute Gasteiger partial charge is 0.370 e. The summed E-state index contributed by atoms with van der Waals surface area (Å²) < 4.78 is 13.4. The molecule has 1 fully saturated rings. The number of carbonyl (C=O) groups excluding carboxylic acids is 1. The highest BCUT2D eigenvalue weighted by atomic mass is 32.2. The number of halogens is 1. The summed E-state index contributed by atoms with van der Waals surface area (Å²) in [5.41, 5.74) is 3.84. The van der Waals surface area contributed by atoms with Crippen molar-refractivity contribution in [3.05, 3.63) is 59.4 Å². The zero-order valence-corrected chi connectivity index (χ0v) is 16.7. The first-order chi connectivity index (χ1) is 13.1. The predicted octanol–water partition coefficient (Wildman–Crippen LogP) is 4.74. The number of rotatable bonds is 5. The van der Waals surface area contributed by atoms with Crippen LogP contribution in [0.15, 0.2) is 42.5 Å². The minimum absolute atomic E-state index is 0.174. The molecule has 0 spiro atoms. The Morgan fingerprint density at radius 1 is 1.22 bits per heavy atom. The predicted molar refractivity (Wildman–Crippen MR) is 112 cm³/mol. The molecule has 144 valence electrons. The summed E-state index contributed by atoms with van der Waals surface area (Å²) >= 11 is 1.99. The van der Waals surface area contributed by atoms with Crippen molar-refractivity contribution >= 4 is 29.2 Å². The van der Waals surface area contributed by atoms with Gasteiger partial charge in [0, 0.05) is 49.1 Å². The minimum atomic E-state index is -0.286. The van der Waals surface area contributed by atoms with Crippen molar-refractivity contribution in [3.63, 3.8) is 0 Å². The molecule has 0 unspecified atom stereocenters. The van der Waals surface area contributed by atoms with Crippen LogP contribution in [-0.4, -0.2) is 42.1 Å². The number of benzene rings is 2. The molecule has 2 aromatic rings. The van der Waals surface area contributed by atoms with Crippen molar-refractivity contribution in [1.29, 1.82) is 0 Å². The van der Waals surface area contributed by atoms with Gasteiger partial charge < -0.3 is 15.1 Å². The molecular weight excluding hydrogens is 361 g/mol. The summed E-state index contributed by atoms with van der Waals surface area (Å²) in [6, 6.07) is 12.4. The molecule has 3 rings (SSSR count). The number of carbonyl (C=O) groups is 1. The van der Waals surface area contributed by atoms with Gasteiger partial charge in [-0.3, -0.25) is 0 Å². The molecule has 0 aliphatic carbocycles. The van der Waals surface area contributed by atoms with Crippen molar-refractivity contribution in [2.45, 2.75) is 20.4 Å². The highest BCUT2D eigenvalue weighted by Gasteiger charge is 2.16. The molecule has 1 heterocycles. The van der Waals surface area contributed by atoms with Crippen molar-refractivity contribution in [1.82, 2.24) is 4.90 Å². The van der Waals surface area contributed by atoms with E-state index in [0.29, 0.717) is 13.1 Å². The van der Waals surface area contributed by atoms with Crippen LogP contribution in [0, 0.1) is 12.7 Å². The number of urea groups is 1. The molecule has 4 nitrogen and oxygen atoms in total. The van der Waals surface area contributed by atoms with Gasteiger partial charge in [0.1, 0.15) is 5.82 Å². The van der Waals surface area contributed by atoms with Crippen LogP contribution in [0.1, 0.15) is 18.1 Å². The number of hydrogen-bond donors (Lipinski definition) is 1. The summed E-state index contributed by atoms with van der Waals surface area (Å²) in [4.78, 5) is 16.7. The molecule has 1 aliphatic heterocycles. The summed E-state index contributed by atoms with van der Waals surface area (Å²) in [6.07, 6.45) is 0. The number of thioether (sulfide) groups is 1. The molecule has 0 aromatic heterocycles. The van der Waals surface area contributed by atoms with Gasteiger partial charge in [0.2, 0.25) is 0 Å². The second-order valence-corrected chi connectivity index (χ2v) is 7.90. The zero-order chi connectivity index (χ0) is 19.2. The number of hydrogen-bond acceptors (Lipinski definition) is 3. The Balaban J connectivity index is 1.66. The summed E-state index contributed by atoms with van der Waals surface area (Å²) in [5.74, 6) is 2.03. The second kappa shape index (κ2) is 9.13. The van der Waals surface area contributed by atoms with Crippen LogP contribution < -0.4 is 10.2 Å². The van der Waals surface area contributed by atoms with E-state index >= 15 is 0 Å². The number of anilines is 2. The molecule has 6 heteroatoms. The van der Waals surface area contributed by atoms with Crippen LogP contribution >= 0.6 is 11.8 Å². The lowest BCUT2D eigenvalue weighted by molar-refractivity contribution is 0.212. The Kier molecular flexibility index (Phi) is 6.61. The van der Waals surface area contributed by atoms with E-state index in [-0.39, 0.29) is 11.8 Å². The third kappa shape index (κ3) is 5.16. The van der Waals surface area contributed by atoms with E-state index in [4.69, 9.17) is 0 Å². The fourth-order valence-corrected chi connectivity index (χ4v) is 4.09. The molecule has 0 atom stereocenters. The van der Waals surface area contributed by atoms with Crippen LogP contribution in [0.4, 0.5) is 20.6 Å². The van der Waals surface area contributed by atoms with Gasteiger partial charge in [0.15, 0.2) is 0 Å². The molecular formula is C21H26FN3OS. The smallest absolute Gasteiger partial charge is 0.322 e. The number of amides is 2. The molecule has 1 N–H and O–H groups in total. The number of nitrogens with one attached hydrogen (secondary N) is 1. The average Bonchev–Trinajstić information content (AvgIpc) is 2.68. The molecule has 2 aromatic carbocycles. The van der Waals surface area contributed by atoms with Crippen LogP contribution in [0.3, 0.4) is 0 Å². The molecule has 0 radical (unpaired) electrons. The monoisotopic (exact) mass is 387 g/mol. The van der Waals surface area contributed by atoms with Gasteiger partial charge in [-0.05, 0) is 55.3 Å². The van der Waals surface area contributed by atoms with E-state index in [1.165, 1.54) is 17.8 Å². The van der Waals surface area contributed by atoms with Crippen LogP contribution in [-0.2, 0) is 6.54 Å². The highest BCUT2D eigenvalue weighted by Crippen LogP contribution is 2.25. The van der Waals surface area contributed by atoms with Gasteiger partial charge in [-0.25, -0.2) is 9.18 Å². The minimum Gasteiger partial charge on any atom is -0.370 e. The number of aryl methyl sites for hydroxylation is 1. The van der Waals surface area contributed by atoms with Gasteiger partial charge in [0.05, 0.1) is 0 Å². The molecule has 0 saturated carbocycles. The SMILES string of the molecule is CCN(Cc1cccc(F)c1)C(=O)Nc1ccc(N2CCSCC2)cc1C. The van der Waals surface area contributed by atoms with E-state index < -0.39 is 0 Å². The van der Waals surface area contributed by atoms with Crippen LogP contribution in [0.2, 0.25) is 0 Å². The normalized spacial score (nSPS) is 14.1. The van der Waals surface area contributed by atoms with Gasteiger partial charge in [-0.1, -0.05) is 12.1 Å². The topological polar surface area (TPSA) is 35.6 Å². The average molecular weight is 388 g/mol. The van der Waals surface area contributed by atoms with Crippen molar-refractivity contribution in [2.75, 3.05) is 41.4 Å². The Bertz CT molecular complexity index is 793. The van der Waals surface area contributed by atoms with E-state index in [1.807, 2.05) is 37.7 Å². The second-order valence-electron chi connectivity index (χ2n) is 6.67.